The number of hydrogen-bond donors (Lipinski definition) is 0. The highest BCUT2D eigenvalue weighted by Gasteiger charge is 2.26. The van der Waals surface area contributed by atoms with E-state index in [1.807, 2.05) is 0 Å². The maximum Gasteiger partial charge on any atom is 0.282 e. The Morgan fingerprint density at radius 3 is 1.53 bits per heavy atom. The first kappa shape index (κ1) is 11.1. The number of nitrogens with zero attached hydrogens (tertiary/aromatic N) is 2. The lowest BCUT2D eigenvalue weighted by Crippen LogP contribution is -2.02. The van der Waals surface area contributed by atoms with Gasteiger partial charge in [0.2, 0.25) is 0 Å². The van der Waals surface area contributed by atoms with Gasteiger partial charge in [-0.1, -0.05) is 0 Å². The fourth-order valence-electron chi connectivity index (χ4n) is 1.73. The maximum atomic E-state index is 10.7. The summed E-state index contributed by atoms with van der Waals surface area (Å²) < 4.78 is 0. The van der Waals surface area contributed by atoms with Crippen molar-refractivity contribution in [3.8, 4) is 0 Å². The van der Waals surface area contributed by atoms with E-state index in [0.717, 1.165) is 0 Å². The van der Waals surface area contributed by atoms with E-state index in [2.05, 4.69) is 0 Å². The van der Waals surface area contributed by atoms with Crippen LogP contribution >= 0.6 is 0 Å². The third kappa shape index (κ3) is 1.78. The second kappa shape index (κ2) is 3.64. The van der Waals surface area contributed by atoms with Crippen LogP contribution in [-0.4, -0.2) is 9.85 Å². The molecule has 15 heavy (non-hydrogen) atoms. The summed E-state index contributed by atoms with van der Waals surface area (Å²) in [5.74, 6) is 0. The van der Waals surface area contributed by atoms with Crippen molar-refractivity contribution in [2.24, 2.45) is 0 Å². The van der Waals surface area contributed by atoms with Gasteiger partial charge >= 0.3 is 0 Å². The summed E-state index contributed by atoms with van der Waals surface area (Å²) in [6, 6.07) is 1.46. The molecule has 0 amide bonds. The van der Waals surface area contributed by atoms with E-state index in [0.29, 0.717) is 11.1 Å². The number of hydrogen-bond acceptors (Lipinski definition) is 4. The molecule has 0 saturated carbocycles. The highest BCUT2D eigenvalue weighted by atomic mass is 16.6. The van der Waals surface area contributed by atoms with Gasteiger partial charge in [0.15, 0.2) is 0 Å². The molecular weight excluding hydrogens is 200 g/mol. The summed E-state index contributed by atoms with van der Waals surface area (Å²) in [4.78, 5) is 20.3. The van der Waals surface area contributed by atoms with Crippen LogP contribution in [0.3, 0.4) is 0 Å². The van der Waals surface area contributed by atoms with Gasteiger partial charge in [0.1, 0.15) is 5.56 Å². The highest BCUT2D eigenvalue weighted by Crippen LogP contribution is 2.33. The zero-order chi connectivity index (χ0) is 11.7. The van der Waals surface area contributed by atoms with Crippen LogP contribution in [-0.2, 0) is 0 Å². The van der Waals surface area contributed by atoms with E-state index >= 15 is 0 Å². The quantitative estimate of drug-likeness (QED) is 0.554. The van der Waals surface area contributed by atoms with Gasteiger partial charge in [-0.25, -0.2) is 0 Å². The molecule has 80 valence electrons. The Labute approximate surface area is 85.8 Å². The molecule has 0 aliphatic rings. The summed E-state index contributed by atoms with van der Waals surface area (Å²) in [6.45, 7) is 4.54. The molecule has 1 rings (SSSR count). The van der Waals surface area contributed by atoms with Gasteiger partial charge < -0.3 is 0 Å². The molecule has 0 saturated heterocycles. The molecular formula is C9H10N2O4. The Balaban J connectivity index is 3.64. The topological polar surface area (TPSA) is 86.3 Å². The number of nitro groups is 2. The first-order chi connectivity index (χ1) is 6.86. The van der Waals surface area contributed by atoms with Crippen molar-refractivity contribution in [1.82, 2.24) is 0 Å². The fourth-order valence-corrected chi connectivity index (χ4v) is 1.73. The first-order valence-corrected chi connectivity index (χ1v) is 4.25. The van der Waals surface area contributed by atoms with Crippen molar-refractivity contribution in [2.75, 3.05) is 0 Å². The molecule has 0 aliphatic heterocycles. The minimum atomic E-state index is -0.586. The average Bonchev–Trinajstić information content (AvgIpc) is 1.99. The van der Waals surface area contributed by atoms with Crippen molar-refractivity contribution in [1.29, 1.82) is 0 Å². The van der Waals surface area contributed by atoms with Crippen molar-refractivity contribution in [3.63, 3.8) is 0 Å². The summed E-state index contributed by atoms with van der Waals surface area (Å²) in [5.41, 5.74) is 0.656. The predicted octanol–water partition coefficient (Wildman–Crippen LogP) is 2.43. The smallest absolute Gasteiger partial charge is 0.258 e. The zero-order valence-corrected chi connectivity index (χ0v) is 8.60. The second-order valence-electron chi connectivity index (χ2n) is 3.35. The minimum Gasteiger partial charge on any atom is -0.258 e. The van der Waals surface area contributed by atoms with Crippen LogP contribution in [0.2, 0.25) is 0 Å². The molecule has 0 aromatic heterocycles. The normalized spacial score (nSPS) is 10.1. The van der Waals surface area contributed by atoms with Crippen molar-refractivity contribution >= 4 is 11.4 Å². The summed E-state index contributed by atoms with van der Waals surface area (Å²) in [7, 11) is 0. The Kier molecular flexibility index (Phi) is 2.69. The van der Waals surface area contributed by atoms with Gasteiger partial charge in [-0.05, 0) is 26.8 Å². The molecule has 1 aromatic carbocycles. The molecule has 0 heterocycles. The van der Waals surface area contributed by atoms with Crippen LogP contribution in [0.4, 0.5) is 11.4 Å². The van der Waals surface area contributed by atoms with E-state index in [-0.39, 0.29) is 16.9 Å². The lowest BCUT2D eigenvalue weighted by Gasteiger charge is -2.04. The number of nitro benzene ring substituents is 2. The largest absolute Gasteiger partial charge is 0.282 e. The molecule has 0 N–H and O–H groups in total. The lowest BCUT2D eigenvalue weighted by molar-refractivity contribution is -0.395. The van der Waals surface area contributed by atoms with Gasteiger partial charge in [-0.15, -0.1) is 0 Å². The molecule has 1 aromatic rings. The van der Waals surface area contributed by atoms with Crippen molar-refractivity contribution in [3.05, 3.63) is 43.0 Å². The van der Waals surface area contributed by atoms with Gasteiger partial charge in [-0.3, -0.25) is 20.2 Å². The highest BCUT2D eigenvalue weighted by molar-refractivity contribution is 5.61. The number of rotatable bonds is 2. The molecule has 6 nitrogen and oxygen atoms in total. The first-order valence-electron chi connectivity index (χ1n) is 4.25. The summed E-state index contributed by atoms with van der Waals surface area (Å²) >= 11 is 0. The number of aryl methyl sites for hydroxylation is 2. The van der Waals surface area contributed by atoms with E-state index < -0.39 is 9.85 Å². The number of benzene rings is 1. The van der Waals surface area contributed by atoms with E-state index in [4.69, 9.17) is 0 Å². The fraction of sp³-hybridized carbons (Fsp3) is 0.333. The van der Waals surface area contributed by atoms with Crippen LogP contribution < -0.4 is 0 Å². The molecule has 0 radical (unpaired) electrons. The molecule has 0 fully saturated rings. The van der Waals surface area contributed by atoms with E-state index in [1.165, 1.54) is 13.0 Å². The zero-order valence-electron chi connectivity index (χ0n) is 8.60. The van der Waals surface area contributed by atoms with Crippen molar-refractivity contribution in [2.45, 2.75) is 20.8 Å². The van der Waals surface area contributed by atoms with Crippen molar-refractivity contribution < 1.29 is 9.85 Å². The second-order valence-corrected chi connectivity index (χ2v) is 3.35. The van der Waals surface area contributed by atoms with Crippen LogP contribution in [0.15, 0.2) is 6.07 Å². The van der Waals surface area contributed by atoms with Gasteiger partial charge in [0.25, 0.3) is 11.4 Å². The van der Waals surface area contributed by atoms with Crippen LogP contribution in [0.25, 0.3) is 0 Å². The Morgan fingerprint density at radius 2 is 1.27 bits per heavy atom. The molecule has 0 aliphatic carbocycles. The summed E-state index contributed by atoms with van der Waals surface area (Å²) in [6.07, 6.45) is 0. The molecule has 0 unspecified atom stereocenters. The van der Waals surface area contributed by atoms with Crippen LogP contribution in [0.5, 0.6) is 0 Å². The lowest BCUT2D eigenvalue weighted by atomic mass is 10.0. The van der Waals surface area contributed by atoms with E-state index in [1.54, 1.807) is 13.8 Å². The SMILES string of the molecule is Cc1cc(C)c([N+](=O)[O-])c(C)c1[N+](=O)[O-]. The Morgan fingerprint density at radius 1 is 0.933 bits per heavy atom. The summed E-state index contributed by atoms with van der Waals surface area (Å²) in [5, 5.41) is 21.4. The molecule has 6 heteroatoms. The average molecular weight is 210 g/mol. The molecule has 0 spiro atoms. The van der Waals surface area contributed by atoms with Gasteiger partial charge in [0.05, 0.1) is 9.85 Å². The Hall–Kier alpha value is -1.98. The monoisotopic (exact) mass is 210 g/mol. The third-order valence-corrected chi connectivity index (χ3v) is 2.26. The maximum absolute atomic E-state index is 10.7. The molecule has 0 atom stereocenters. The third-order valence-electron chi connectivity index (χ3n) is 2.26. The minimum absolute atomic E-state index is 0.113. The standard InChI is InChI=1S/C9H10N2O4/c1-5-4-6(2)9(11(14)15)7(3)8(5)10(12)13/h4H,1-3H3. The Bertz CT molecular complexity index is 416. The van der Waals surface area contributed by atoms with Crippen LogP contribution in [0, 0.1) is 41.0 Å². The van der Waals surface area contributed by atoms with Gasteiger partial charge in [0, 0.05) is 11.1 Å². The molecule has 0 bridgehead atoms. The van der Waals surface area contributed by atoms with E-state index in [9.17, 15) is 20.2 Å². The predicted molar refractivity (Wildman–Crippen MR) is 54.0 cm³/mol. The van der Waals surface area contributed by atoms with Gasteiger partial charge in [-0.2, -0.15) is 0 Å². The van der Waals surface area contributed by atoms with Crippen LogP contribution in [0.1, 0.15) is 16.7 Å².